The zero-order chi connectivity index (χ0) is 12.6. The van der Waals surface area contributed by atoms with E-state index in [0.29, 0.717) is 11.3 Å². The zero-order valence-corrected chi connectivity index (χ0v) is 11.3. The molecule has 0 amide bonds. The van der Waals surface area contributed by atoms with Crippen LogP contribution in [0.25, 0.3) is 0 Å². The molecule has 4 heteroatoms. The first-order valence-electron chi connectivity index (χ1n) is 6.99. The van der Waals surface area contributed by atoms with Crippen LogP contribution in [-0.4, -0.2) is 23.6 Å². The molecule has 2 aliphatic carbocycles. The first kappa shape index (κ1) is 11.8. The van der Waals surface area contributed by atoms with E-state index in [1.165, 1.54) is 32.1 Å². The molecule has 0 spiro atoms. The zero-order valence-electron chi connectivity index (χ0n) is 11.3. The van der Waals surface area contributed by atoms with Crippen LogP contribution in [0.3, 0.4) is 0 Å². The lowest BCUT2D eigenvalue weighted by atomic mass is 9.70. The average Bonchev–Trinajstić information content (AvgIpc) is 3.18. The van der Waals surface area contributed by atoms with Crippen molar-refractivity contribution in [3.05, 3.63) is 11.9 Å². The van der Waals surface area contributed by atoms with E-state index in [0.717, 1.165) is 24.0 Å². The average molecular weight is 246 g/mol. The van der Waals surface area contributed by atoms with Crippen molar-refractivity contribution in [1.82, 2.24) is 9.97 Å². The predicted molar refractivity (Wildman–Crippen MR) is 74.0 cm³/mol. The number of hydrogen-bond donors (Lipinski definition) is 2. The minimum absolute atomic E-state index is 0.477. The van der Waals surface area contributed by atoms with Gasteiger partial charge in [-0.2, -0.15) is 0 Å². The molecule has 1 aromatic heterocycles. The Morgan fingerprint density at radius 2 is 2.00 bits per heavy atom. The van der Waals surface area contributed by atoms with Gasteiger partial charge >= 0.3 is 0 Å². The van der Waals surface area contributed by atoms with E-state index in [9.17, 15) is 0 Å². The van der Waals surface area contributed by atoms with Crippen molar-refractivity contribution in [2.75, 3.05) is 24.2 Å². The Labute approximate surface area is 109 Å². The minimum Gasteiger partial charge on any atom is -0.373 e. The van der Waals surface area contributed by atoms with Gasteiger partial charge in [-0.1, -0.05) is 13.3 Å². The molecule has 0 saturated heterocycles. The molecule has 2 fully saturated rings. The van der Waals surface area contributed by atoms with Crippen LogP contribution in [0.2, 0.25) is 0 Å². The molecule has 0 aromatic carbocycles. The smallest absolute Gasteiger partial charge is 0.136 e. The number of nitrogens with zero attached hydrogens (tertiary/aromatic N) is 2. The molecule has 18 heavy (non-hydrogen) atoms. The van der Waals surface area contributed by atoms with Gasteiger partial charge in [0.15, 0.2) is 0 Å². The number of hydrogen-bond acceptors (Lipinski definition) is 4. The Hall–Kier alpha value is -1.32. The summed E-state index contributed by atoms with van der Waals surface area (Å²) in [6.07, 6.45) is 6.52. The molecule has 2 N–H and O–H groups in total. The van der Waals surface area contributed by atoms with E-state index >= 15 is 0 Å². The molecule has 4 nitrogen and oxygen atoms in total. The molecule has 0 bridgehead atoms. The maximum absolute atomic E-state index is 4.64. The summed E-state index contributed by atoms with van der Waals surface area (Å²) < 4.78 is 0. The first-order valence-corrected chi connectivity index (χ1v) is 6.99. The quantitative estimate of drug-likeness (QED) is 0.838. The summed E-state index contributed by atoms with van der Waals surface area (Å²) in [7, 11) is 1.91. The maximum Gasteiger partial charge on any atom is 0.136 e. The van der Waals surface area contributed by atoms with Crippen molar-refractivity contribution in [3.8, 4) is 0 Å². The van der Waals surface area contributed by atoms with E-state index in [1.54, 1.807) is 0 Å². The highest BCUT2D eigenvalue weighted by molar-refractivity contribution is 5.48. The summed E-state index contributed by atoms with van der Waals surface area (Å²) in [5.74, 6) is 3.50. The number of anilines is 2. The Kier molecular flexibility index (Phi) is 2.88. The van der Waals surface area contributed by atoms with Gasteiger partial charge in [-0.15, -0.1) is 0 Å². The van der Waals surface area contributed by atoms with E-state index in [1.807, 2.05) is 13.1 Å². The molecule has 3 rings (SSSR count). The topological polar surface area (TPSA) is 49.8 Å². The van der Waals surface area contributed by atoms with Crippen LogP contribution in [0.1, 0.15) is 50.8 Å². The third kappa shape index (κ3) is 2.42. The van der Waals surface area contributed by atoms with Gasteiger partial charge in [0.1, 0.15) is 17.5 Å². The van der Waals surface area contributed by atoms with Gasteiger partial charge in [0.25, 0.3) is 0 Å². The molecule has 1 aromatic rings. The molecule has 0 radical (unpaired) electrons. The predicted octanol–water partition coefficient (Wildman–Crippen LogP) is 3.00. The van der Waals surface area contributed by atoms with Crippen LogP contribution < -0.4 is 10.6 Å². The van der Waals surface area contributed by atoms with Gasteiger partial charge in [-0.25, -0.2) is 9.97 Å². The molecule has 0 atom stereocenters. The molecule has 1 heterocycles. The van der Waals surface area contributed by atoms with Crippen molar-refractivity contribution < 1.29 is 0 Å². The van der Waals surface area contributed by atoms with Crippen LogP contribution in [0.5, 0.6) is 0 Å². The molecule has 2 saturated carbocycles. The summed E-state index contributed by atoms with van der Waals surface area (Å²) in [5.41, 5.74) is 0.477. The van der Waals surface area contributed by atoms with Crippen molar-refractivity contribution in [1.29, 1.82) is 0 Å². The van der Waals surface area contributed by atoms with Crippen molar-refractivity contribution in [3.63, 3.8) is 0 Å². The van der Waals surface area contributed by atoms with Crippen LogP contribution in [0.15, 0.2) is 6.07 Å². The van der Waals surface area contributed by atoms with Gasteiger partial charge in [-0.05, 0) is 31.1 Å². The van der Waals surface area contributed by atoms with Crippen LogP contribution in [-0.2, 0) is 0 Å². The minimum atomic E-state index is 0.477. The molecule has 2 aliphatic rings. The van der Waals surface area contributed by atoms with Crippen molar-refractivity contribution in [2.45, 2.75) is 44.9 Å². The lowest BCUT2D eigenvalue weighted by molar-refractivity contribution is 0.180. The highest BCUT2D eigenvalue weighted by atomic mass is 15.1. The molecule has 0 unspecified atom stereocenters. The van der Waals surface area contributed by atoms with Crippen LogP contribution in [0, 0.1) is 5.41 Å². The van der Waals surface area contributed by atoms with Crippen LogP contribution in [0.4, 0.5) is 11.6 Å². The summed E-state index contributed by atoms with van der Waals surface area (Å²) in [6, 6.07) is 2.01. The van der Waals surface area contributed by atoms with E-state index in [4.69, 9.17) is 0 Å². The monoisotopic (exact) mass is 246 g/mol. The lowest BCUT2D eigenvalue weighted by Crippen LogP contribution is -2.33. The second-order valence-corrected chi connectivity index (χ2v) is 6.04. The van der Waals surface area contributed by atoms with Crippen LogP contribution >= 0.6 is 0 Å². The fourth-order valence-electron chi connectivity index (χ4n) is 2.47. The van der Waals surface area contributed by atoms with E-state index in [-0.39, 0.29) is 0 Å². The Balaban J connectivity index is 1.71. The van der Waals surface area contributed by atoms with Crippen molar-refractivity contribution >= 4 is 11.6 Å². The summed E-state index contributed by atoms with van der Waals surface area (Å²) in [4.78, 5) is 9.17. The number of aromatic nitrogens is 2. The molecule has 98 valence electrons. The molecular formula is C14H22N4. The molecule has 0 aliphatic heterocycles. The summed E-state index contributed by atoms with van der Waals surface area (Å²) >= 11 is 0. The fourth-order valence-corrected chi connectivity index (χ4v) is 2.47. The van der Waals surface area contributed by atoms with Gasteiger partial charge in [0, 0.05) is 25.6 Å². The molecular weight excluding hydrogens is 224 g/mol. The van der Waals surface area contributed by atoms with Gasteiger partial charge in [0.2, 0.25) is 0 Å². The number of nitrogens with one attached hydrogen (secondary N) is 2. The number of rotatable bonds is 5. The summed E-state index contributed by atoms with van der Waals surface area (Å²) in [5, 5.41) is 6.62. The van der Waals surface area contributed by atoms with Crippen molar-refractivity contribution in [2.24, 2.45) is 5.41 Å². The second-order valence-electron chi connectivity index (χ2n) is 6.04. The highest BCUT2D eigenvalue weighted by Gasteiger charge is 2.32. The summed E-state index contributed by atoms with van der Waals surface area (Å²) in [6.45, 7) is 3.38. The van der Waals surface area contributed by atoms with E-state index in [2.05, 4.69) is 27.5 Å². The SMILES string of the molecule is CNc1cc(NCC2(C)CCC2)nc(C2CC2)n1. The lowest BCUT2D eigenvalue weighted by Gasteiger charge is -2.38. The Morgan fingerprint density at radius 1 is 1.28 bits per heavy atom. The normalized spacial score (nSPS) is 21.2. The van der Waals surface area contributed by atoms with E-state index < -0.39 is 0 Å². The third-order valence-electron chi connectivity index (χ3n) is 4.20. The highest BCUT2D eigenvalue weighted by Crippen LogP contribution is 2.41. The first-order chi connectivity index (χ1) is 8.68. The van der Waals surface area contributed by atoms with Gasteiger partial charge < -0.3 is 10.6 Å². The Bertz CT molecular complexity index is 435. The van der Waals surface area contributed by atoms with Gasteiger partial charge in [-0.3, -0.25) is 0 Å². The third-order valence-corrected chi connectivity index (χ3v) is 4.20. The fraction of sp³-hybridized carbons (Fsp3) is 0.714. The Morgan fingerprint density at radius 3 is 2.56 bits per heavy atom. The standard InChI is InChI=1S/C14H22N4/c1-14(6-3-7-14)9-16-12-8-11(15-2)17-13(18-12)10-4-5-10/h8,10H,3-7,9H2,1-2H3,(H2,15,16,17,18). The van der Waals surface area contributed by atoms with Gasteiger partial charge in [0.05, 0.1) is 0 Å². The second kappa shape index (κ2) is 4.41. The largest absolute Gasteiger partial charge is 0.373 e. The maximum atomic E-state index is 4.64.